The van der Waals surface area contributed by atoms with E-state index in [1.165, 1.54) is 4.31 Å². The van der Waals surface area contributed by atoms with Gasteiger partial charge in [-0.1, -0.05) is 0 Å². The molecule has 1 saturated heterocycles. The predicted molar refractivity (Wildman–Crippen MR) is 99.5 cm³/mol. The second kappa shape index (κ2) is 7.81. The molecule has 1 aliphatic rings. The van der Waals surface area contributed by atoms with Crippen LogP contribution in [0.3, 0.4) is 0 Å². The third kappa shape index (κ3) is 4.11. The van der Waals surface area contributed by atoms with E-state index in [9.17, 15) is 8.42 Å². The molecule has 8 nitrogen and oxygen atoms in total. The zero-order chi connectivity index (χ0) is 18.7. The van der Waals surface area contributed by atoms with Gasteiger partial charge in [-0.3, -0.25) is 9.67 Å². The summed E-state index contributed by atoms with van der Waals surface area (Å²) in [7, 11) is -0.209. The molecule has 1 fully saturated rings. The van der Waals surface area contributed by atoms with Crippen molar-refractivity contribution in [2.24, 2.45) is 5.92 Å². The van der Waals surface area contributed by atoms with E-state index < -0.39 is 10.2 Å². The Morgan fingerprint density at radius 1 is 1.27 bits per heavy atom. The highest BCUT2D eigenvalue weighted by atomic mass is 32.2. The van der Waals surface area contributed by atoms with Crippen molar-refractivity contribution in [1.29, 1.82) is 0 Å². The van der Waals surface area contributed by atoms with Gasteiger partial charge in [0.05, 0.1) is 23.8 Å². The molecule has 0 N–H and O–H groups in total. The predicted octanol–water partition coefficient (Wildman–Crippen LogP) is 1.42. The molecule has 0 aliphatic carbocycles. The lowest BCUT2D eigenvalue weighted by molar-refractivity contribution is 0.253. The van der Waals surface area contributed by atoms with Crippen LogP contribution in [0, 0.1) is 5.92 Å². The molecule has 0 radical (unpaired) electrons. The molecular formula is C17H26N6O2S. The van der Waals surface area contributed by atoms with E-state index in [1.54, 1.807) is 37.0 Å². The van der Waals surface area contributed by atoms with Gasteiger partial charge in [-0.15, -0.1) is 0 Å². The number of hydrogen-bond acceptors (Lipinski definition) is 5. The van der Waals surface area contributed by atoms with Crippen molar-refractivity contribution in [2.45, 2.75) is 32.7 Å². The summed E-state index contributed by atoms with van der Waals surface area (Å²) in [4.78, 5) is 9.03. The fourth-order valence-corrected chi connectivity index (χ4v) is 4.46. The zero-order valence-corrected chi connectivity index (χ0v) is 16.4. The van der Waals surface area contributed by atoms with Crippen LogP contribution in [-0.4, -0.2) is 64.0 Å². The molecular weight excluding hydrogens is 352 g/mol. The maximum Gasteiger partial charge on any atom is 0.281 e. The highest BCUT2D eigenvalue weighted by molar-refractivity contribution is 7.86. The van der Waals surface area contributed by atoms with E-state index in [0.29, 0.717) is 13.1 Å². The van der Waals surface area contributed by atoms with E-state index in [1.807, 2.05) is 17.8 Å². The van der Waals surface area contributed by atoms with Gasteiger partial charge in [0.2, 0.25) is 0 Å². The molecule has 9 heteroatoms. The second-order valence-electron chi connectivity index (χ2n) is 6.84. The van der Waals surface area contributed by atoms with E-state index in [2.05, 4.69) is 10.1 Å². The maximum atomic E-state index is 12.4. The topological polar surface area (TPSA) is 84.2 Å². The number of nitrogens with zero attached hydrogens (tertiary/aromatic N) is 6. The van der Waals surface area contributed by atoms with Gasteiger partial charge in [-0.2, -0.15) is 22.1 Å². The number of rotatable bonds is 6. The lowest BCUT2D eigenvalue weighted by Crippen LogP contribution is -2.45. The number of aryl methyl sites for hydroxylation is 1. The summed E-state index contributed by atoms with van der Waals surface area (Å²) < 4.78 is 29.4. The molecule has 0 spiro atoms. The van der Waals surface area contributed by atoms with Crippen LogP contribution in [0.4, 0.5) is 0 Å². The number of piperidine rings is 1. The molecule has 1 atom stereocenters. The number of hydrogen-bond donors (Lipinski definition) is 0. The Hall–Kier alpha value is -1.84. The first kappa shape index (κ1) is 18.9. The van der Waals surface area contributed by atoms with Crippen LogP contribution in [0.5, 0.6) is 0 Å². The summed E-state index contributed by atoms with van der Waals surface area (Å²) in [6.45, 7) is 3.96. The first-order chi connectivity index (χ1) is 12.4. The van der Waals surface area contributed by atoms with Gasteiger partial charge in [0.15, 0.2) is 0 Å². The van der Waals surface area contributed by atoms with Gasteiger partial charge in [0.1, 0.15) is 0 Å². The highest BCUT2D eigenvalue weighted by Crippen LogP contribution is 2.24. The van der Waals surface area contributed by atoms with Gasteiger partial charge >= 0.3 is 0 Å². The average molecular weight is 379 g/mol. The SMILES string of the molecule is CCn1cc(-c2cncc(CC3CCCN(S(=O)(=O)N(C)C)C3)n2)cn1. The first-order valence-corrected chi connectivity index (χ1v) is 10.3. The molecule has 1 aliphatic heterocycles. The zero-order valence-electron chi connectivity index (χ0n) is 15.5. The second-order valence-corrected chi connectivity index (χ2v) is 8.98. The van der Waals surface area contributed by atoms with Crippen LogP contribution in [0.2, 0.25) is 0 Å². The minimum Gasteiger partial charge on any atom is -0.272 e. The summed E-state index contributed by atoms with van der Waals surface area (Å²) in [6.07, 6.45) is 9.86. The van der Waals surface area contributed by atoms with Crippen LogP contribution >= 0.6 is 0 Å². The summed E-state index contributed by atoms with van der Waals surface area (Å²) >= 11 is 0. The Bertz CT molecular complexity index is 848. The molecule has 3 rings (SSSR count). The third-order valence-corrected chi connectivity index (χ3v) is 6.61. The summed E-state index contributed by atoms with van der Waals surface area (Å²) in [5, 5.41) is 4.28. The molecule has 0 amide bonds. The Balaban J connectivity index is 1.72. The molecule has 0 saturated carbocycles. The fraction of sp³-hybridized carbons (Fsp3) is 0.588. The Morgan fingerprint density at radius 2 is 2.08 bits per heavy atom. The van der Waals surface area contributed by atoms with Crippen LogP contribution < -0.4 is 0 Å². The van der Waals surface area contributed by atoms with Crippen LogP contribution in [0.15, 0.2) is 24.8 Å². The van der Waals surface area contributed by atoms with Crippen LogP contribution in [0.25, 0.3) is 11.3 Å². The van der Waals surface area contributed by atoms with E-state index in [4.69, 9.17) is 4.98 Å². The molecule has 0 aromatic carbocycles. The van der Waals surface area contributed by atoms with Gasteiger partial charge < -0.3 is 0 Å². The number of aromatic nitrogens is 4. The minimum absolute atomic E-state index is 0.251. The Kier molecular flexibility index (Phi) is 5.69. The minimum atomic E-state index is -3.36. The smallest absolute Gasteiger partial charge is 0.272 e. The lowest BCUT2D eigenvalue weighted by Gasteiger charge is -2.33. The molecule has 142 valence electrons. The molecule has 0 bridgehead atoms. The lowest BCUT2D eigenvalue weighted by atomic mass is 9.95. The van der Waals surface area contributed by atoms with Crippen molar-refractivity contribution in [3.05, 3.63) is 30.5 Å². The van der Waals surface area contributed by atoms with Crippen LogP contribution in [0.1, 0.15) is 25.5 Å². The summed E-state index contributed by atoms with van der Waals surface area (Å²) in [5.41, 5.74) is 2.64. The molecule has 3 heterocycles. The van der Waals surface area contributed by atoms with Crippen molar-refractivity contribution < 1.29 is 8.42 Å². The third-order valence-electron chi connectivity index (χ3n) is 4.70. The molecule has 1 unspecified atom stereocenters. The van der Waals surface area contributed by atoms with E-state index in [0.717, 1.165) is 42.8 Å². The van der Waals surface area contributed by atoms with Gasteiger partial charge in [0.25, 0.3) is 10.2 Å². The molecule has 2 aromatic rings. The van der Waals surface area contributed by atoms with Crippen molar-refractivity contribution in [2.75, 3.05) is 27.2 Å². The van der Waals surface area contributed by atoms with E-state index >= 15 is 0 Å². The van der Waals surface area contributed by atoms with Crippen molar-refractivity contribution in [3.63, 3.8) is 0 Å². The van der Waals surface area contributed by atoms with Gasteiger partial charge in [-0.25, -0.2) is 4.98 Å². The Morgan fingerprint density at radius 3 is 2.77 bits per heavy atom. The molecule has 26 heavy (non-hydrogen) atoms. The largest absolute Gasteiger partial charge is 0.281 e. The quantitative estimate of drug-likeness (QED) is 0.759. The average Bonchev–Trinajstić information content (AvgIpc) is 3.11. The summed E-state index contributed by atoms with van der Waals surface area (Å²) in [5.74, 6) is 0.251. The maximum absolute atomic E-state index is 12.4. The first-order valence-electron chi connectivity index (χ1n) is 8.91. The standard InChI is InChI=1S/C17H26N6O2S/c1-4-22-13-15(9-19-22)17-11-18-10-16(20-17)8-14-6-5-7-23(12-14)26(24,25)21(2)3/h9-11,13-14H,4-8,12H2,1-3H3. The normalized spacial score (nSPS) is 19.2. The highest BCUT2D eigenvalue weighted by Gasteiger charge is 2.30. The summed E-state index contributed by atoms with van der Waals surface area (Å²) in [6, 6.07) is 0. The van der Waals surface area contributed by atoms with Crippen molar-refractivity contribution in [3.8, 4) is 11.3 Å². The monoisotopic (exact) mass is 378 g/mol. The van der Waals surface area contributed by atoms with Gasteiger partial charge in [-0.05, 0) is 32.1 Å². The van der Waals surface area contributed by atoms with Gasteiger partial charge in [0, 0.05) is 51.7 Å². The Labute approximate surface area is 155 Å². The fourth-order valence-electron chi connectivity index (χ4n) is 3.24. The van der Waals surface area contributed by atoms with Crippen molar-refractivity contribution in [1.82, 2.24) is 28.4 Å². The van der Waals surface area contributed by atoms with E-state index in [-0.39, 0.29) is 5.92 Å². The van der Waals surface area contributed by atoms with Crippen LogP contribution in [-0.2, 0) is 23.2 Å². The van der Waals surface area contributed by atoms with Crippen molar-refractivity contribution >= 4 is 10.2 Å². The molecule has 2 aromatic heterocycles.